The van der Waals surface area contributed by atoms with E-state index in [0.717, 1.165) is 5.92 Å². The van der Waals surface area contributed by atoms with E-state index in [4.69, 9.17) is 0 Å². The first-order valence-electron chi connectivity index (χ1n) is 5.00. The van der Waals surface area contributed by atoms with Crippen molar-refractivity contribution < 1.29 is 5.11 Å². The molecule has 0 amide bonds. The van der Waals surface area contributed by atoms with Crippen LogP contribution in [-0.4, -0.2) is 10.7 Å². The number of hydrogen-bond acceptors (Lipinski definition) is 1. The molecule has 0 unspecified atom stereocenters. The minimum atomic E-state index is -0.628. The molecule has 1 N–H and O–H groups in total. The lowest BCUT2D eigenvalue weighted by Gasteiger charge is -2.19. The van der Waals surface area contributed by atoms with Gasteiger partial charge in [0, 0.05) is 0 Å². The summed E-state index contributed by atoms with van der Waals surface area (Å²) in [7, 11) is 0. The summed E-state index contributed by atoms with van der Waals surface area (Å²) in [6.07, 6.45) is 10.9. The fourth-order valence-electron chi connectivity index (χ4n) is 1.70. The van der Waals surface area contributed by atoms with Crippen molar-refractivity contribution >= 4 is 0 Å². The van der Waals surface area contributed by atoms with Crippen molar-refractivity contribution in [1.29, 1.82) is 0 Å². The van der Waals surface area contributed by atoms with Gasteiger partial charge in [0.1, 0.15) is 0 Å². The van der Waals surface area contributed by atoms with Gasteiger partial charge in [0.25, 0.3) is 0 Å². The van der Waals surface area contributed by atoms with Crippen LogP contribution in [0.2, 0.25) is 0 Å². The second kappa shape index (κ2) is 4.08. The third kappa shape index (κ3) is 3.91. The van der Waals surface area contributed by atoms with Crippen molar-refractivity contribution in [1.82, 2.24) is 0 Å². The highest BCUT2D eigenvalue weighted by Crippen LogP contribution is 2.25. The van der Waals surface area contributed by atoms with Crippen molar-refractivity contribution in [2.45, 2.75) is 51.6 Å². The molecule has 12 heavy (non-hydrogen) atoms. The maximum atomic E-state index is 9.46. The Morgan fingerprint density at radius 1 is 1.17 bits per heavy atom. The van der Waals surface area contributed by atoms with Gasteiger partial charge < -0.3 is 5.11 Å². The molecule has 0 heterocycles. The Kier molecular flexibility index (Phi) is 3.33. The molecule has 0 bridgehead atoms. The zero-order valence-corrected chi connectivity index (χ0v) is 8.21. The second-order valence-corrected chi connectivity index (χ2v) is 4.41. The fraction of sp³-hybridized carbons (Fsp3) is 0.818. The van der Waals surface area contributed by atoms with Crippen LogP contribution in [0.1, 0.15) is 46.0 Å². The predicted octanol–water partition coefficient (Wildman–Crippen LogP) is 2.89. The molecule has 1 aliphatic carbocycles. The lowest BCUT2D eigenvalue weighted by atomic mass is 9.88. The summed E-state index contributed by atoms with van der Waals surface area (Å²) in [5, 5.41) is 9.46. The van der Waals surface area contributed by atoms with Crippen LogP contribution in [0, 0.1) is 5.92 Å². The van der Waals surface area contributed by atoms with E-state index < -0.39 is 5.60 Å². The van der Waals surface area contributed by atoms with Crippen LogP contribution < -0.4 is 0 Å². The molecule has 0 saturated heterocycles. The molecule has 1 heteroatoms. The molecule has 1 aliphatic rings. The summed E-state index contributed by atoms with van der Waals surface area (Å²) in [5.74, 6) is 0.727. The van der Waals surface area contributed by atoms with E-state index in [-0.39, 0.29) is 0 Å². The smallest absolute Gasteiger partial charge is 0.0771 e. The van der Waals surface area contributed by atoms with E-state index in [1.807, 2.05) is 19.9 Å². The molecule has 0 aromatic rings. The number of allylic oxidation sites excluding steroid dienone is 1. The number of aliphatic hydroxyl groups is 1. The van der Waals surface area contributed by atoms with Crippen LogP contribution in [-0.2, 0) is 0 Å². The molecule has 1 rings (SSSR count). The van der Waals surface area contributed by atoms with Crippen molar-refractivity contribution in [2.24, 2.45) is 5.92 Å². The summed E-state index contributed by atoms with van der Waals surface area (Å²) >= 11 is 0. The Hall–Kier alpha value is -0.300. The monoisotopic (exact) mass is 168 g/mol. The van der Waals surface area contributed by atoms with Crippen LogP contribution >= 0.6 is 0 Å². The van der Waals surface area contributed by atoms with Crippen LogP contribution in [0.25, 0.3) is 0 Å². The molecule has 0 atom stereocenters. The van der Waals surface area contributed by atoms with Crippen molar-refractivity contribution in [3.05, 3.63) is 12.2 Å². The van der Waals surface area contributed by atoms with Crippen molar-refractivity contribution in [3.8, 4) is 0 Å². The van der Waals surface area contributed by atoms with Crippen LogP contribution in [0.15, 0.2) is 12.2 Å². The third-order valence-electron chi connectivity index (χ3n) is 2.43. The molecule has 1 saturated carbocycles. The first-order valence-corrected chi connectivity index (χ1v) is 5.00. The second-order valence-electron chi connectivity index (χ2n) is 4.41. The van der Waals surface area contributed by atoms with E-state index in [0.29, 0.717) is 0 Å². The Bertz CT molecular complexity index is 147. The van der Waals surface area contributed by atoms with Gasteiger partial charge in [-0.15, -0.1) is 0 Å². The fourth-order valence-corrected chi connectivity index (χ4v) is 1.70. The van der Waals surface area contributed by atoms with E-state index in [1.165, 1.54) is 32.1 Å². The molecular weight excluding hydrogens is 148 g/mol. The van der Waals surface area contributed by atoms with Gasteiger partial charge in [-0.05, 0) is 32.6 Å². The van der Waals surface area contributed by atoms with Crippen LogP contribution in [0.4, 0.5) is 0 Å². The normalized spacial score (nSPS) is 21.9. The SMILES string of the molecule is CC(C)(O)/C=C\C1CCCCC1. The van der Waals surface area contributed by atoms with Gasteiger partial charge >= 0.3 is 0 Å². The minimum absolute atomic E-state index is 0.628. The number of rotatable bonds is 2. The maximum absolute atomic E-state index is 9.46. The highest BCUT2D eigenvalue weighted by atomic mass is 16.3. The van der Waals surface area contributed by atoms with E-state index in [2.05, 4.69) is 6.08 Å². The molecule has 0 aliphatic heterocycles. The quantitative estimate of drug-likeness (QED) is 0.629. The Morgan fingerprint density at radius 3 is 2.25 bits per heavy atom. The standard InChI is InChI=1S/C11H20O/c1-11(2,12)9-8-10-6-4-3-5-7-10/h8-10,12H,3-7H2,1-2H3/b9-8-. The van der Waals surface area contributed by atoms with Gasteiger partial charge in [-0.3, -0.25) is 0 Å². The molecular formula is C11H20O. The van der Waals surface area contributed by atoms with Gasteiger partial charge in [-0.2, -0.15) is 0 Å². The zero-order chi connectivity index (χ0) is 9.03. The van der Waals surface area contributed by atoms with Gasteiger partial charge in [-0.1, -0.05) is 31.4 Å². The summed E-state index contributed by atoms with van der Waals surface area (Å²) < 4.78 is 0. The first-order chi connectivity index (χ1) is 5.58. The van der Waals surface area contributed by atoms with Crippen molar-refractivity contribution in [2.75, 3.05) is 0 Å². The van der Waals surface area contributed by atoms with Gasteiger partial charge in [0.15, 0.2) is 0 Å². The first kappa shape index (κ1) is 9.79. The molecule has 0 radical (unpaired) electrons. The topological polar surface area (TPSA) is 20.2 Å². The molecule has 0 aromatic carbocycles. The average molecular weight is 168 g/mol. The summed E-state index contributed by atoms with van der Waals surface area (Å²) in [6.45, 7) is 3.65. The molecule has 0 spiro atoms. The highest BCUT2D eigenvalue weighted by Gasteiger charge is 2.12. The summed E-state index contributed by atoms with van der Waals surface area (Å²) in [6, 6.07) is 0. The Morgan fingerprint density at radius 2 is 1.75 bits per heavy atom. The highest BCUT2D eigenvalue weighted by molar-refractivity contribution is 4.98. The van der Waals surface area contributed by atoms with Crippen LogP contribution in [0.3, 0.4) is 0 Å². The maximum Gasteiger partial charge on any atom is 0.0771 e. The predicted molar refractivity (Wildman–Crippen MR) is 52.0 cm³/mol. The zero-order valence-electron chi connectivity index (χ0n) is 8.21. The Labute approximate surface area is 75.5 Å². The molecule has 70 valence electrons. The summed E-state index contributed by atoms with van der Waals surface area (Å²) in [4.78, 5) is 0. The average Bonchev–Trinajstić information content (AvgIpc) is 2.02. The lowest BCUT2D eigenvalue weighted by Crippen LogP contribution is -2.15. The summed E-state index contributed by atoms with van der Waals surface area (Å²) in [5.41, 5.74) is -0.628. The Balaban J connectivity index is 2.33. The van der Waals surface area contributed by atoms with Gasteiger partial charge in [0.05, 0.1) is 5.60 Å². The van der Waals surface area contributed by atoms with E-state index >= 15 is 0 Å². The van der Waals surface area contributed by atoms with E-state index in [1.54, 1.807) is 0 Å². The molecule has 1 fully saturated rings. The minimum Gasteiger partial charge on any atom is -0.386 e. The van der Waals surface area contributed by atoms with E-state index in [9.17, 15) is 5.11 Å². The molecule has 1 nitrogen and oxygen atoms in total. The third-order valence-corrected chi connectivity index (χ3v) is 2.43. The van der Waals surface area contributed by atoms with Crippen LogP contribution in [0.5, 0.6) is 0 Å². The van der Waals surface area contributed by atoms with Gasteiger partial charge in [-0.25, -0.2) is 0 Å². The number of hydrogen-bond donors (Lipinski definition) is 1. The van der Waals surface area contributed by atoms with Gasteiger partial charge in [0.2, 0.25) is 0 Å². The molecule has 0 aromatic heterocycles. The largest absolute Gasteiger partial charge is 0.386 e. The van der Waals surface area contributed by atoms with Crippen molar-refractivity contribution in [3.63, 3.8) is 0 Å². The lowest BCUT2D eigenvalue weighted by molar-refractivity contribution is 0.132.